The second-order valence-corrected chi connectivity index (χ2v) is 5.83. The molecule has 0 aliphatic carbocycles. The second kappa shape index (κ2) is 9.43. The van der Waals surface area contributed by atoms with Gasteiger partial charge in [-0.3, -0.25) is 0 Å². The van der Waals surface area contributed by atoms with Crippen LogP contribution in [0.5, 0.6) is 11.5 Å². The minimum atomic E-state index is 0.656. The van der Waals surface area contributed by atoms with Crippen LogP contribution in [0, 0.1) is 0 Å². The summed E-state index contributed by atoms with van der Waals surface area (Å²) in [5.74, 6) is 1.65. The molecule has 2 aromatic rings. The average Bonchev–Trinajstić information content (AvgIpc) is 2.59. The normalized spacial score (nSPS) is 10.6. The van der Waals surface area contributed by atoms with Gasteiger partial charge >= 0.3 is 0 Å². The summed E-state index contributed by atoms with van der Waals surface area (Å²) < 4.78 is 10.4. The molecule has 0 aromatic heterocycles. The van der Waals surface area contributed by atoms with Gasteiger partial charge in [0.2, 0.25) is 0 Å². The Balaban J connectivity index is 1.63. The van der Waals surface area contributed by atoms with Crippen molar-refractivity contribution in [1.29, 1.82) is 0 Å². The molecule has 0 heterocycles. The Kier molecular flexibility index (Phi) is 7.24. The van der Waals surface area contributed by atoms with Gasteiger partial charge in [-0.05, 0) is 67.7 Å². The highest BCUT2D eigenvalue weighted by molar-refractivity contribution is 6.32. The molecule has 23 heavy (non-hydrogen) atoms. The molecule has 0 fully saturated rings. The zero-order valence-corrected chi connectivity index (χ0v) is 14.5. The van der Waals surface area contributed by atoms with Crippen molar-refractivity contribution in [3.8, 4) is 11.5 Å². The number of hydrogen-bond acceptors (Lipinski definition) is 3. The molecule has 1 N–H and O–H groups in total. The molecule has 0 unspecified atom stereocenters. The molecule has 0 radical (unpaired) electrons. The fraction of sp³-hybridized carbons (Fsp3) is 0.368. The van der Waals surface area contributed by atoms with Gasteiger partial charge in [0, 0.05) is 0 Å². The number of hydrogen-bond donors (Lipinski definition) is 1. The van der Waals surface area contributed by atoms with Crippen molar-refractivity contribution in [2.24, 2.45) is 0 Å². The van der Waals surface area contributed by atoms with Crippen molar-refractivity contribution < 1.29 is 9.47 Å². The molecule has 0 atom stereocenters. The lowest BCUT2D eigenvalue weighted by Gasteiger charge is -2.08. The van der Waals surface area contributed by atoms with Crippen LogP contribution in [0.15, 0.2) is 42.5 Å². The van der Waals surface area contributed by atoms with Gasteiger partial charge in [-0.25, -0.2) is 0 Å². The predicted octanol–water partition coefficient (Wildman–Crippen LogP) is 4.12. The fourth-order valence-electron chi connectivity index (χ4n) is 2.43. The van der Waals surface area contributed by atoms with Crippen molar-refractivity contribution in [2.75, 3.05) is 27.3 Å². The highest BCUT2D eigenvalue weighted by Crippen LogP contribution is 2.25. The molecule has 4 heteroatoms. The molecular weight excluding hydrogens is 310 g/mol. The lowest BCUT2D eigenvalue weighted by molar-refractivity contribution is 0.414. The van der Waals surface area contributed by atoms with Crippen molar-refractivity contribution in [1.82, 2.24) is 5.32 Å². The SMILES string of the molecule is COc1ccc(CCCNCCc2ccc(Cl)c(OC)c2)cc1. The van der Waals surface area contributed by atoms with Gasteiger partial charge in [0.1, 0.15) is 11.5 Å². The molecular formula is C19H24ClNO2. The summed E-state index contributed by atoms with van der Waals surface area (Å²) in [5.41, 5.74) is 2.57. The maximum atomic E-state index is 6.03. The first-order valence-electron chi connectivity index (χ1n) is 7.89. The molecule has 2 rings (SSSR count). The van der Waals surface area contributed by atoms with Gasteiger partial charge < -0.3 is 14.8 Å². The quantitative estimate of drug-likeness (QED) is 0.700. The largest absolute Gasteiger partial charge is 0.497 e. The molecule has 0 aliphatic heterocycles. The van der Waals surface area contributed by atoms with Crippen molar-refractivity contribution in [2.45, 2.75) is 19.3 Å². The van der Waals surface area contributed by atoms with Crippen LogP contribution in [0.25, 0.3) is 0 Å². The minimum absolute atomic E-state index is 0.656. The third-order valence-corrected chi connectivity index (χ3v) is 4.10. The molecule has 2 aromatic carbocycles. The van der Waals surface area contributed by atoms with E-state index in [0.717, 1.165) is 43.9 Å². The fourth-order valence-corrected chi connectivity index (χ4v) is 2.62. The molecule has 124 valence electrons. The van der Waals surface area contributed by atoms with Crippen LogP contribution in [0.1, 0.15) is 17.5 Å². The topological polar surface area (TPSA) is 30.5 Å². The maximum absolute atomic E-state index is 6.03. The van der Waals surface area contributed by atoms with E-state index in [9.17, 15) is 0 Å². The molecule has 0 saturated heterocycles. The monoisotopic (exact) mass is 333 g/mol. The Hall–Kier alpha value is -1.71. The lowest BCUT2D eigenvalue weighted by atomic mass is 10.1. The summed E-state index contributed by atoms with van der Waals surface area (Å²) >= 11 is 6.03. The van der Waals surface area contributed by atoms with Crippen LogP contribution in [0.4, 0.5) is 0 Å². The second-order valence-electron chi connectivity index (χ2n) is 5.42. The highest BCUT2D eigenvalue weighted by atomic mass is 35.5. The zero-order chi connectivity index (χ0) is 16.5. The number of methoxy groups -OCH3 is 2. The Morgan fingerprint density at radius 3 is 2.30 bits per heavy atom. The molecule has 0 amide bonds. The standard InChI is InChI=1S/C19H24ClNO2/c1-22-17-8-5-15(6-9-17)4-3-12-21-13-11-16-7-10-18(20)19(14-16)23-2/h5-10,14,21H,3-4,11-13H2,1-2H3. The van der Waals surface area contributed by atoms with E-state index in [2.05, 4.69) is 17.4 Å². The Bertz CT molecular complexity index is 599. The number of halogens is 1. The Morgan fingerprint density at radius 1 is 0.870 bits per heavy atom. The predicted molar refractivity (Wildman–Crippen MR) is 95.9 cm³/mol. The molecule has 0 saturated carbocycles. The zero-order valence-electron chi connectivity index (χ0n) is 13.8. The van der Waals surface area contributed by atoms with E-state index in [1.165, 1.54) is 11.1 Å². The first kappa shape index (κ1) is 17.6. The first-order chi connectivity index (χ1) is 11.2. The highest BCUT2D eigenvalue weighted by Gasteiger charge is 2.02. The number of rotatable bonds is 9. The van der Waals surface area contributed by atoms with Gasteiger partial charge in [-0.2, -0.15) is 0 Å². The third-order valence-electron chi connectivity index (χ3n) is 3.78. The summed E-state index contributed by atoms with van der Waals surface area (Å²) in [6.45, 7) is 1.96. The number of benzene rings is 2. The van der Waals surface area contributed by atoms with Gasteiger partial charge in [-0.15, -0.1) is 0 Å². The number of nitrogens with one attached hydrogen (secondary N) is 1. The van der Waals surface area contributed by atoms with Crippen LogP contribution in [-0.4, -0.2) is 27.3 Å². The molecule has 3 nitrogen and oxygen atoms in total. The van der Waals surface area contributed by atoms with Crippen LogP contribution >= 0.6 is 11.6 Å². The summed E-state index contributed by atoms with van der Waals surface area (Å²) in [4.78, 5) is 0. The minimum Gasteiger partial charge on any atom is -0.497 e. The maximum Gasteiger partial charge on any atom is 0.137 e. The van der Waals surface area contributed by atoms with Crippen molar-refractivity contribution >= 4 is 11.6 Å². The van der Waals surface area contributed by atoms with E-state index in [0.29, 0.717) is 5.02 Å². The molecule has 0 bridgehead atoms. The lowest BCUT2D eigenvalue weighted by Crippen LogP contribution is -2.19. The number of ether oxygens (including phenoxy) is 2. The summed E-state index contributed by atoms with van der Waals surface area (Å²) in [6.07, 6.45) is 3.16. The average molecular weight is 334 g/mol. The first-order valence-corrected chi connectivity index (χ1v) is 8.27. The smallest absolute Gasteiger partial charge is 0.137 e. The molecule has 0 spiro atoms. The van der Waals surface area contributed by atoms with Crippen LogP contribution in [0.2, 0.25) is 5.02 Å². The van der Waals surface area contributed by atoms with Crippen molar-refractivity contribution in [3.63, 3.8) is 0 Å². The van der Waals surface area contributed by atoms with Crippen LogP contribution in [-0.2, 0) is 12.8 Å². The molecule has 0 aliphatic rings. The number of aryl methyl sites for hydroxylation is 1. The van der Waals surface area contributed by atoms with E-state index in [1.807, 2.05) is 30.3 Å². The van der Waals surface area contributed by atoms with Gasteiger partial charge in [-0.1, -0.05) is 29.8 Å². The van der Waals surface area contributed by atoms with E-state index in [4.69, 9.17) is 21.1 Å². The summed E-state index contributed by atoms with van der Waals surface area (Å²) in [6, 6.07) is 14.2. The van der Waals surface area contributed by atoms with E-state index >= 15 is 0 Å². The van der Waals surface area contributed by atoms with Crippen LogP contribution in [0.3, 0.4) is 0 Å². The summed E-state index contributed by atoms with van der Waals surface area (Å²) in [5, 5.41) is 4.14. The van der Waals surface area contributed by atoms with Crippen LogP contribution < -0.4 is 14.8 Å². The Morgan fingerprint density at radius 2 is 1.61 bits per heavy atom. The Labute approximate surface area is 143 Å². The van der Waals surface area contributed by atoms with E-state index < -0.39 is 0 Å². The third kappa shape index (κ3) is 5.77. The van der Waals surface area contributed by atoms with Gasteiger partial charge in [0.25, 0.3) is 0 Å². The van der Waals surface area contributed by atoms with Crippen molar-refractivity contribution in [3.05, 3.63) is 58.6 Å². The van der Waals surface area contributed by atoms with E-state index in [-0.39, 0.29) is 0 Å². The summed E-state index contributed by atoms with van der Waals surface area (Å²) in [7, 11) is 3.33. The van der Waals surface area contributed by atoms with Gasteiger partial charge in [0.05, 0.1) is 19.2 Å². The van der Waals surface area contributed by atoms with E-state index in [1.54, 1.807) is 14.2 Å². The van der Waals surface area contributed by atoms with Gasteiger partial charge in [0.15, 0.2) is 0 Å².